The van der Waals surface area contributed by atoms with Crippen LogP contribution in [0.1, 0.15) is 51.0 Å². The Balaban J connectivity index is 1.44. The molecule has 3 saturated carbocycles. The van der Waals surface area contributed by atoms with E-state index in [4.69, 9.17) is 0 Å². The third kappa shape index (κ3) is 2.66. The van der Waals surface area contributed by atoms with Gasteiger partial charge in [0.2, 0.25) is 5.16 Å². The van der Waals surface area contributed by atoms with Crippen molar-refractivity contribution < 1.29 is 9.90 Å². The third-order valence-corrected chi connectivity index (χ3v) is 5.78. The minimum absolute atomic E-state index is 0.274. The lowest BCUT2D eigenvalue weighted by Gasteiger charge is -2.25. The van der Waals surface area contributed by atoms with Crippen LogP contribution in [-0.4, -0.2) is 48.1 Å². The molecule has 0 radical (unpaired) electrons. The number of hydrogen-bond donors (Lipinski definition) is 2. The van der Waals surface area contributed by atoms with Crippen molar-refractivity contribution in [3.8, 4) is 0 Å². The molecule has 0 saturated heterocycles. The molecule has 0 aliphatic heterocycles. The topological polar surface area (TPSA) is 92.9 Å². The van der Waals surface area contributed by atoms with Crippen LogP contribution in [0.4, 0.5) is 0 Å². The molecule has 21 heavy (non-hydrogen) atoms. The fraction of sp³-hybridized carbons (Fsp3) is 0.846. The van der Waals surface area contributed by atoms with Gasteiger partial charge in [-0.05, 0) is 55.4 Å². The summed E-state index contributed by atoms with van der Waals surface area (Å²) in [6.45, 7) is 0. The second-order valence-corrected chi connectivity index (χ2v) is 7.69. The van der Waals surface area contributed by atoms with Crippen LogP contribution in [0.5, 0.6) is 0 Å². The van der Waals surface area contributed by atoms with E-state index in [1.807, 2.05) is 4.68 Å². The third-order valence-electron chi connectivity index (χ3n) is 4.56. The second kappa shape index (κ2) is 4.95. The van der Waals surface area contributed by atoms with Gasteiger partial charge in [0.1, 0.15) is 5.54 Å². The lowest BCUT2D eigenvalue weighted by Crippen LogP contribution is -2.51. The van der Waals surface area contributed by atoms with Gasteiger partial charge in [0.15, 0.2) is 0 Å². The predicted octanol–water partition coefficient (Wildman–Crippen LogP) is 1.23. The van der Waals surface area contributed by atoms with E-state index in [0.29, 0.717) is 24.9 Å². The molecule has 2 atom stereocenters. The summed E-state index contributed by atoms with van der Waals surface area (Å²) < 4.78 is 1.90. The number of aromatic nitrogens is 4. The molecule has 0 amide bonds. The summed E-state index contributed by atoms with van der Waals surface area (Å²) in [6.07, 6.45) is 6.74. The summed E-state index contributed by atoms with van der Waals surface area (Å²) in [5, 5.41) is 26.0. The zero-order valence-corrected chi connectivity index (χ0v) is 12.6. The minimum atomic E-state index is -0.739. The van der Waals surface area contributed by atoms with Crippen LogP contribution in [-0.2, 0) is 4.79 Å². The maximum atomic E-state index is 11.7. The molecule has 114 valence electrons. The smallest absolute Gasteiger partial charge is 0.323 e. The first-order chi connectivity index (χ1) is 10.2. The lowest BCUT2D eigenvalue weighted by atomic mass is 9.98. The molecule has 1 aromatic rings. The number of rotatable bonds is 6. The molecule has 0 spiro atoms. The molecule has 0 aromatic carbocycles. The van der Waals surface area contributed by atoms with Gasteiger partial charge in [-0.25, -0.2) is 4.68 Å². The number of carbonyl (C=O) groups is 1. The maximum Gasteiger partial charge on any atom is 0.323 e. The van der Waals surface area contributed by atoms with Crippen molar-refractivity contribution in [2.24, 2.45) is 0 Å². The Kier molecular flexibility index (Phi) is 3.18. The molecule has 7 nitrogen and oxygen atoms in total. The quantitative estimate of drug-likeness (QED) is 0.816. The van der Waals surface area contributed by atoms with Crippen LogP contribution >= 0.6 is 11.8 Å². The van der Waals surface area contributed by atoms with Gasteiger partial charge in [-0.3, -0.25) is 10.1 Å². The molecule has 1 heterocycles. The van der Waals surface area contributed by atoms with E-state index in [-0.39, 0.29) is 5.25 Å². The van der Waals surface area contributed by atoms with E-state index in [2.05, 4.69) is 20.8 Å². The number of carboxylic acids is 1. The monoisotopic (exact) mass is 309 g/mol. The molecule has 2 N–H and O–H groups in total. The highest BCUT2D eigenvalue weighted by Gasteiger charge is 2.48. The van der Waals surface area contributed by atoms with Crippen LogP contribution in [0.25, 0.3) is 0 Å². The van der Waals surface area contributed by atoms with Crippen molar-refractivity contribution in [1.29, 1.82) is 0 Å². The van der Waals surface area contributed by atoms with Gasteiger partial charge in [0.05, 0.1) is 6.04 Å². The summed E-state index contributed by atoms with van der Waals surface area (Å²) in [7, 11) is 0. The van der Waals surface area contributed by atoms with E-state index >= 15 is 0 Å². The standard InChI is InChI=1S/C13H19N5O2S/c19-11(20)13(14-8-1-2-8)6-5-10(7-13)21-12-15-16-17-18(12)9-3-4-9/h8-10,14H,1-7H2,(H,19,20). The first-order valence-corrected chi connectivity index (χ1v) is 8.50. The van der Waals surface area contributed by atoms with Crippen molar-refractivity contribution in [2.45, 2.75) is 73.0 Å². The number of thioether (sulfide) groups is 1. The molecular weight excluding hydrogens is 290 g/mol. The van der Waals surface area contributed by atoms with E-state index in [0.717, 1.165) is 37.3 Å². The van der Waals surface area contributed by atoms with Crippen molar-refractivity contribution in [2.75, 3.05) is 0 Å². The van der Waals surface area contributed by atoms with Crippen molar-refractivity contribution in [1.82, 2.24) is 25.5 Å². The van der Waals surface area contributed by atoms with Crippen molar-refractivity contribution >= 4 is 17.7 Å². The number of aliphatic carboxylic acids is 1. The SMILES string of the molecule is O=C(O)C1(NC2CC2)CCC(Sc2nnnn2C2CC2)C1. The van der Waals surface area contributed by atoms with Gasteiger partial charge in [0.25, 0.3) is 0 Å². The Morgan fingerprint density at radius 1 is 1.33 bits per heavy atom. The molecule has 0 bridgehead atoms. The van der Waals surface area contributed by atoms with Crippen molar-refractivity contribution in [3.63, 3.8) is 0 Å². The normalized spacial score (nSPS) is 32.5. The highest BCUT2D eigenvalue weighted by Crippen LogP contribution is 2.43. The van der Waals surface area contributed by atoms with E-state index in [9.17, 15) is 9.90 Å². The maximum absolute atomic E-state index is 11.7. The van der Waals surface area contributed by atoms with E-state index in [1.54, 1.807) is 11.8 Å². The van der Waals surface area contributed by atoms with Crippen LogP contribution in [0.3, 0.4) is 0 Å². The second-order valence-electron chi connectivity index (χ2n) is 6.43. The number of nitrogens with one attached hydrogen (secondary N) is 1. The fourth-order valence-electron chi connectivity index (χ4n) is 3.07. The summed E-state index contributed by atoms with van der Waals surface area (Å²) in [5.41, 5.74) is -0.739. The number of tetrazole rings is 1. The molecule has 3 aliphatic rings. The Labute approximate surface area is 126 Å². The Morgan fingerprint density at radius 3 is 2.81 bits per heavy atom. The lowest BCUT2D eigenvalue weighted by molar-refractivity contribution is -0.144. The average Bonchev–Trinajstić information content (AvgIpc) is 3.37. The van der Waals surface area contributed by atoms with Crippen LogP contribution in [0.2, 0.25) is 0 Å². The Bertz CT molecular complexity index is 557. The van der Waals surface area contributed by atoms with Crippen LogP contribution in [0.15, 0.2) is 5.16 Å². The van der Waals surface area contributed by atoms with Crippen molar-refractivity contribution in [3.05, 3.63) is 0 Å². The largest absolute Gasteiger partial charge is 0.480 e. The van der Waals surface area contributed by atoms with E-state index in [1.165, 1.54) is 0 Å². The summed E-state index contributed by atoms with van der Waals surface area (Å²) in [5.74, 6) is -0.709. The van der Waals surface area contributed by atoms with Gasteiger partial charge < -0.3 is 5.11 Å². The van der Waals surface area contributed by atoms with Gasteiger partial charge in [-0.15, -0.1) is 5.10 Å². The van der Waals surface area contributed by atoms with Crippen LogP contribution < -0.4 is 5.32 Å². The van der Waals surface area contributed by atoms with Gasteiger partial charge in [-0.1, -0.05) is 11.8 Å². The summed E-state index contributed by atoms with van der Waals surface area (Å²) in [4.78, 5) is 11.7. The highest BCUT2D eigenvalue weighted by molar-refractivity contribution is 7.99. The Hall–Kier alpha value is -1.15. The zero-order chi connectivity index (χ0) is 14.4. The first-order valence-electron chi connectivity index (χ1n) is 7.62. The Morgan fingerprint density at radius 2 is 2.14 bits per heavy atom. The number of nitrogens with zero attached hydrogens (tertiary/aromatic N) is 4. The van der Waals surface area contributed by atoms with Gasteiger partial charge in [-0.2, -0.15) is 0 Å². The predicted molar refractivity (Wildman–Crippen MR) is 76.1 cm³/mol. The van der Waals surface area contributed by atoms with Gasteiger partial charge in [0, 0.05) is 11.3 Å². The van der Waals surface area contributed by atoms with Gasteiger partial charge >= 0.3 is 5.97 Å². The zero-order valence-electron chi connectivity index (χ0n) is 11.7. The fourth-order valence-corrected chi connectivity index (χ4v) is 4.35. The van der Waals surface area contributed by atoms with E-state index < -0.39 is 11.5 Å². The molecule has 8 heteroatoms. The molecule has 3 fully saturated rings. The van der Waals surface area contributed by atoms with Crippen LogP contribution in [0, 0.1) is 0 Å². The molecule has 3 aliphatic carbocycles. The number of carboxylic acid groups (broad SMARTS) is 1. The summed E-state index contributed by atoms with van der Waals surface area (Å²) in [6, 6.07) is 0.861. The average molecular weight is 309 g/mol. The highest BCUT2D eigenvalue weighted by atomic mass is 32.2. The summed E-state index contributed by atoms with van der Waals surface area (Å²) >= 11 is 1.64. The molecule has 4 rings (SSSR count). The first kappa shape index (κ1) is 13.5. The number of hydrogen-bond acceptors (Lipinski definition) is 6. The molecule has 1 aromatic heterocycles. The molecule has 2 unspecified atom stereocenters. The minimum Gasteiger partial charge on any atom is -0.480 e. The molecular formula is C13H19N5O2S.